The molecule has 110 valence electrons. The first kappa shape index (κ1) is 13.9. The van der Waals surface area contributed by atoms with Gasteiger partial charge in [-0.3, -0.25) is 14.9 Å². The molecule has 0 aliphatic heterocycles. The van der Waals surface area contributed by atoms with Gasteiger partial charge in [0.1, 0.15) is 5.82 Å². The van der Waals surface area contributed by atoms with E-state index < -0.39 is 0 Å². The van der Waals surface area contributed by atoms with E-state index in [9.17, 15) is 9.18 Å². The average Bonchev–Trinajstić information content (AvgIpc) is 2.92. The third-order valence-corrected chi connectivity index (χ3v) is 3.11. The first-order valence-electron chi connectivity index (χ1n) is 6.68. The van der Waals surface area contributed by atoms with Gasteiger partial charge in [0.15, 0.2) is 5.82 Å². The lowest BCUT2D eigenvalue weighted by atomic mass is 10.0. The van der Waals surface area contributed by atoms with Gasteiger partial charge in [-0.1, -0.05) is 18.2 Å². The molecular weight excluding hydrogens is 283 g/mol. The van der Waals surface area contributed by atoms with Gasteiger partial charge in [0.2, 0.25) is 5.91 Å². The molecule has 1 amide bonds. The molecule has 0 spiro atoms. The van der Waals surface area contributed by atoms with E-state index in [1.54, 1.807) is 18.3 Å². The summed E-state index contributed by atoms with van der Waals surface area (Å²) in [6.45, 7) is 1.41. The molecule has 0 saturated carbocycles. The van der Waals surface area contributed by atoms with E-state index in [1.165, 1.54) is 19.1 Å². The van der Waals surface area contributed by atoms with Crippen LogP contribution >= 0.6 is 0 Å². The molecule has 0 fully saturated rings. The number of nitrogens with zero attached hydrogens (tertiary/aromatic N) is 2. The highest BCUT2D eigenvalue weighted by Crippen LogP contribution is 2.35. The second kappa shape index (κ2) is 5.77. The molecule has 6 heteroatoms. The molecule has 0 bridgehead atoms. The highest BCUT2D eigenvalue weighted by Gasteiger charge is 2.18. The minimum atomic E-state index is -0.326. The summed E-state index contributed by atoms with van der Waals surface area (Å²) in [5.41, 5.74) is 2.76. The number of amides is 1. The fourth-order valence-electron chi connectivity index (χ4n) is 2.19. The van der Waals surface area contributed by atoms with Crippen molar-refractivity contribution >= 4 is 11.7 Å². The quantitative estimate of drug-likeness (QED) is 0.779. The average molecular weight is 296 g/mol. The summed E-state index contributed by atoms with van der Waals surface area (Å²) < 4.78 is 13.2. The number of hydrogen-bond acceptors (Lipinski definition) is 3. The number of H-pyrrole nitrogens is 1. The Labute approximate surface area is 126 Å². The molecule has 0 radical (unpaired) electrons. The largest absolute Gasteiger partial charge is 0.309 e. The summed E-state index contributed by atoms with van der Waals surface area (Å²) in [5, 5.41) is 9.70. The topological polar surface area (TPSA) is 70.7 Å². The van der Waals surface area contributed by atoms with E-state index in [2.05, 4.69) is 20.5 Å². The molecule has 2 N–H and O–H groups in total. The van der Waals surface area contributed by atoms with Gasteiger partial charge < -0.3 is 5.32 Å². The van der Waals surface area contributed by atoms with Crippen LogP contribution in [0.5, 0.6) is 0 Å². The zero-order valence-electron chi connectivity index (χ0n) is 11.8. The summed E-state index contributed by atoms with van der Waals surface area (Å²) >= 11 is 0. The molecule has 0 saturated heterocycles. The van der Waals surface area contributed by atoms with Crippen LogP contribution in [-0.2, 0) is 4.79 Å². The Morgan fingerprint density at radius 2 is 1.95 bits per heavy atom. The van der Waals surface area contributed by atoms with Crippen LogP contribution in [0.15, 0.2) is 48.7 Å². The lowest BCUT2D eigenvalue weighted by Gasteiger charge is -2.06. The number of anilines is 1. The molecule has 0 aliphatic rings. The zero-order valence-corrected chi connectivity index (χ0v) is 11.8. The Hall–Kier alpha value is -3.02. The number of nitrogens with one attached hydrogen (secondary N) is 2. The van der Waals surface area contributed by atoms with Crippen LogP contribution in [-0.4, -0.2) is 21.1 Å². The predicted molar refractivity (Wildman–Crippen MR) is 81.5 cm³/mol. The van der Waals surface area contributed by atoms with E-state index in [4.69, 9.17) is 0 Å². The molecule has 0 aliphatic carbocycles. The minimum Gasteiger partial charge on any atom is -0.309 e. The number of aromatic amines is 1. The van der Waals surface area contributed by atoms with Gasteiger partial charge in [0.05, 0.1) is 17.0 Å². The maximum Gasteiger partial charge on any atom is 0.222 e. The second-order valence-corrected chi connectivity index (χ2v) is 4.73. The Balaban J connectivity index is 2.17. The number of carbonyl (C=O) groups is 1. The van der Waals surface area contributed by atoms with Crippen LogP contribution in [0.1, 0.15) is 6.92 Å². The van der Waals surface area contributed by atoms with Gasteiger partial charge in [-0.25, -0.2) is 4.39 Å². The van der Waals surface area contributed by atoms with Crippen molar-refractivity contribution in [1.82, 2.24) is 15.2 Å². The van der Waals surface area contributed by atoms with Crippen LogP contribution in [0.2, 0.25) is 0 Å². The van der Waals surface area contributed by atoms with Crippen LogP contribution in [0.3, 0.4) is 0 Å². The maximum atomic E-state index is 13.2. The summed E-state index contributed by atoms with van der Waals surface area (Å²) in [4.78, 5) is 15.6. The number of halogens is 1. The van der Waals surface area contributed by atoms with E-state index >= 15 is 0 Å². The third-order valence-electron chi connectivity index (χ3n) is 3.11. The summed E-state index contributed by atoms with van der Waals surface area (Å²) in [6, 6.07) is 11.5. The van der Waals surface area contributed by atoms with Crippen molar-refractivity contribution in [1.29, 1.82) is 0 Å². The van der Waals surface area contributed by atoms with Gasteiger partial charge in [-0.2, -0.15) is 5.10 Å². The first-order valence-corrected chi connectivity index (χ1v) is 6.68. The molecule has 0 unspecified atom stereocenters. The minimum absolute atomic E-state index is 0.234. The lowest BCUT2D eigenvalue weighted by Crippen LogP contribution is -2.07. The van der Waals surface area contributed by atoms with Crippen LogP contribution in [0, 0.1) is 5.82 Å². The lowest BCUT2D eigenvalue weighted by molar-refractivity contribution is -0.114. The fraction of sp³-hybridized carbons (Fsp3) is 0.0625. The van der Waals surface area contributed by atoms with Gasteiger partial charge in [-0.05, 0) is 29.8 Å². The van der Waals surface area contributed by atoms with Crippen molar-refractivity contribution in [3.8, 4) is 22.5 Å². The SMILES string of the molecule is CC(=O)Nc1n[nH]c(-c2ccccn2)c1-c1ccc(F)cc1. The maximum absolute atomic E-state index is 13.2. The van der Waals surface area contributed by atoms with Gasteiger partial charge in [0, 0.05) is 13.1 Å². The highest BCUT2D eigenvalue weighted by molar-refractivity contribution is 5.96. The van der Waals surface area contributed by atoms with E-state index in [-0.39, 0.29) is 11.7 Å². The number of aromatic nitrogens is 3. The van der Waals surface area contributed by atoms with Crippen LogP contribution in [0.25, 0.3) is 22.5 Å². The highest BCUT2D eigenvalue weighted by atomic mass is 19.1. The van der Waals surface area contributed by atoms with E-state index in [0.29, 0.717) is 22.8 Å². The Bertz CT molecular complexity index is 797. The molecule has 2 aromatic heterocycles. The Morgan fingerprint density at radius 3 is 2.59 bits per heavy atom. The Morgan fingerprint density at radius 1 is 1.18 bits per heavy atom. The normalized spacial score (nSPS) is 10.5. The fourth-order valence-corrected chi connectivity index (χ4v) is 2.19. The van der Waals surface area contributed by atoms with E-state index in [0.717, 1.165) is 5.56 Å². The van der Waals surface area contributed by atoms with Crippen LogP contribution < -0.4 is 5.32 Å². The van der Waals surface area contributed by atoms with Crippen LogP contribution in [0.4, 0.5) is 10.2 Å². The van der Waals surface area contributed by atoms with Crippen molar-refractivity contribution < 1.29 is 9.18 Å². The number of rotatable bonds is 3. The number of benzene rings is 1. The van der Waals surface area contributed by atoms with Crippen molar-refractivity contribution in [2.24, 2.45) is 0 Å². The molecule has 0 atom stereocenters. The third kappa shape index (κ3) is 2.71. The molecule has 5 nitrogen and oxygen atoms in total. The molecule has 22 heavy (non-hydrogen) atoms. The van der Waals surface area contributed by atoms with Crippen molar-refractivity contribution in [3.05, 3.63) is 54.5 Å². The zero-order chi connectivity index (χ0) is 15.5. The number of hydrogen-bond donors (Lipinski definition) is 2. The van der Waals surface area contributed by atoms with Gasteiger partial charge >= 0.3 is 0 Å². The molecular formula is C16H13FN4O. The second-order valence-electron chi connectivity index (χ2n) is 4.73. The van der Waals surface area contributed by atoms with Crippen molar-refractivity contribution in [3.63, 3.8) is 0 Å². The molecule has 2 heterocycles. The number of pyridine rings is 1. The van der Waals surface area contributed by atoms with Crippen molar-refractivity contribution in [2.45, 2.75) is 6.92 Å². The van der Waals surface area contributed by atoms with Gasteiger partial charge in [0.25, 0.3) is 0 Å². The van der Waals surface area contributed by atoms with E-state index in [1.807, 2.05) is 18.2 Å². The standard InChI is InChI=1S/C16H13FN4O/c1-10(22)19-16-14(11-5-7-12(17)8-6-11)15(20-21-16)13-4-2-3-9-18-13/h2-9H,1H3,(H2,19,20,21,22). The smallest absolute Gasteiger partial charge is 0.222 e. The van der Waals surface area contributed by atoms with Crippen molar-refractivity contribution in [2.75, 3.05) is 5.32 Å². The predicted octanol–water partition coefficient (Wildman–Crippen LogP) is 3.24. The molecule has 1 aromatic carbocycles. The summed E-state index contributed by atoms with van der Waals surface area (Å²) in [6.07, 6.45) is 1.67. The summed E-state index contributed by atoms with van der Waals surface area (Å²) in [5.74, 6) is -0.171. The summed E-state index contributed by atoms with van der Waals surface area (Å²) in [7, 11) is 0. The number of carbonyl (C=O) groups excluding carboxylic acids is 1. The van der Waals surface area contributed by atoms with Gasteiger partial charge in [-0.15, -0.1) is 0 Å². The monoisotopic (exact) mass is 296 g/mol. The molecule has 3 rings (SSSR count). The molecule has 3 aromatic rings. The Kier molecular flexibility index (Phi) is 3.65. The first-order chi connectivity index (χ1) is 10.6.